The summed E-state index contributed by atoms with van der Waals surface area (Å²) in [5.41, 5.74) is 16.6. The van der Waals surface area contributed by atoms with Crippen molar-refractivity contribution in [2.75, 3.05) is 18.4 Å². The normalized spacial score (nSPS) is 12.4. The minimum atomic E-state index is -0.955. The molecule has 0 heterocycles. The van der Waals surface area contributed by atoms with Crippen LogP contribution in [0.2, 0.25) is 0 Å². The van der Waals surface area contributed by atoms with E-state index in [-0.39, 0.29) is 37.1 Å². The topological polar surface area (TPSA) is 221 Å². The van der Waals surface area contributed by atoms with Gasteiger partial charge in [-0.2, -0.15) is 0 Å². The van der Waals surface area contributed by atoms with Gasteiger partial charge < -0.3 is 33.2 Å². The van der Waals surface area contributed by atoms with Crippen molar-refractivity contribution < 1.29 is 19.3 Å². The maximum atomic E-state index is 12.7. The summed E-state index contributed by atoms with van der Waals surface area (Å²) in [6.45, 7) is 3.76. The molecule has 0 spiro atoms. The molecule has 1 aromatic carbocycles. The molecule has 0 aromatic heterocycles. The van der Waals surface area contributed by atoms with Crippen molar-refractivity contribution in [3.8, 4) is 0 Å². The number of nitrogens with two attached hydrogens (primary N) is 3. The number of nitro benzene ring substituents is 1. The van der Waals surface area contributed by atoms with E-state index in [1.54, 1.807) is 0 Å². The van der Waals surface area contributed by atoms with Crippen molar-refractivity contribution in [2.24, 2.45) is 28.1 Å². The van der Waals surface area contributed by atoms with Crippen molar-refractivity contribution in [1.82, 2.24) is 10.6 Å². The van der Waals surface area contributed by atoms with Gasteiger partial charge in [0.1, 0.15) is 6.04 Å². The molecule has 33 heavy (non-hydrogen) atoms. The Morgan fingerprint density at radius 1 is 1.12 bits per heavy atom. The van der Waals surface area contributed by atoms with E-state index in [0.717, 1.165) is 0 Å². The summed E-state index contributed by atoms with van der Waals surface area (Å²) in [5, 5.41) is 18.4. The summed E-state index contributed by atoms with van der Waals surface area (Å²) in [7, 11) is 0. The van der Waals surface area contributed by atoms with Gasteiger partial charge in [0.25, 0.3) is 5.69 Å². The third-order valence-corrected chi connectivity index (χ3v) is 4.43. The first-order chi connectivity index (χ1) is 15.5. The number of hydrogen-bond acceptors (Lipinski definition) is 7. The van der Waals surface area contributed by atoms with E-state index in [4.69, 9.17) is 17.2 Å². The first-order valence-corrected chi connectivity index (χ1v) is 10.4. The Labute approximate surface area is 191 Å². The van der Waals surface area contributed by atoms with Crippen LogP contribution in [-0.4, -0.2) is 53.8 Å². The van der Waals surface area contributed by atoms with Crippen molar-refractivity contribution in [2.45, 2.75) is 45.2 Å². The number of aliphatic imine (C=N–C) groups is 1. The lowest BCUT2D eigenvalue weighted by atomic mass is 10.0. The fourth-order valence-electron chi connectivity index (χ4n) is 2.83. The third kappa shape index (κ3) is 10.9. The molecule has 1 rings (SSSR count). The molecule has 0 unspecified atom stereocenters. The second-order valence-electron chi connectivity index (χ2n) is 7.82. The van der Waals surface area contributed by atoms with E-state index in [1.807, 2.05) is 13.8 Å². The highest BCUT2D eigenvalue weighted by molar-refractivity contribution is 5.98. The molecule has 0 fully saturated rings. The zero-order valence-corrected chi connectivity index (χ0v) is 18.7. The highest BCUT2D eigenvalue weighted by atomic mass is 16.6. The molecule has 2 atom stereocenters. The summed E-state index contributed by atoms with van der Waals surface area (Å²) in [6.07, 6.45) is 1.07. The van der Waals surface area contributed by atoms with Crippen LogP contribution in [0.15, 0.2) is 29.3 Å². The fraction of sp³-hybridized carbons (Fsp3) is 0.500. The van der Waals surface area contributed by atoms with Gasteiger partial charge in [0.05, 0.1) is 17.5 Å². The zero-order chi connectivity index (χ0) is 25.0. The van der Waals surface area contributed by atoms with Crippen molar-refractivity contribution >= 4 is 35.1 Å². The molecular weight excluding hydrogens is 432 g/mol. The number of benzene rings is 1. The number of non-ortho nitro benzene ring substituents is 1. The van der Waals surface area contributed by atoms with Crippen LogP contribution in [-0.2, 0) is 14.4 Å². The molecule has 13 nitrogen and oxygen atoms in total. The Hall–Kier alpha value is -3.74. The van der Waals surface area contributed by atoms with Gasteiger partial charge in [-0.3, -0.25) is 29.5 Å². The maximum Gasteiger partial charge on any atom is 0.269 e. The number of rotatable bonds is 13. The number of nitro groups is 1. The second-order valence-corrected chi connectivity index (χ2v) is 7.82. The standard InChI is InChI=1S/C20H32N8O5/c1-12(2)10-15(21)18(30)25-11-17(29)27-16(4-3-9-24-20(22)23)19(31)26-13-5-7-14(8-6-13)28(32)33/h5-8,12,15-16H,3-4,9-11,21H2,1-2H3,(H,25,30)(H,26,31)(H,27,29)(H4,22,23,24)/t15-,16-/m0/s1. The lowest BCUT2D eigenvalue weighted by Crippen LogP contribution is -2.49. The number of hydrogen-bond donors (Lipinski definition) is 6. The number of carbonyl (C=O) groups excluding carboxylic acids is 3. The molecule has 0 aliphatic heterocycles. The number of nitrogens with one attached hydrogen (secondary N) is 3. The number of anilines is 1. The molecular formula is C20H32N8O5. The van der Waals surface area contributed by atoms with Crippen molar-refractivity contribution in [3.63, 3.8) is 0 Å². The first-order valence-electron chi connectivity index (χ1n) is 10.4. The Morgan fingerprint density at radius 3 is 2.30 bits per heavy atom. The monoisotopic (exact) mass is 464 g/mol. The number of guanidine groups is 1. The molecule has 13 heteroatoms. The van der Waals surface area contributed by atoms with Crippen molar-refractivity contribution in [1.29, 1.82) is 0 Å². The zero-order valence-electron chi connectivity index (χ0n) is 18.7. The summed E-state index contributed by atoms with van der Waals surface area (Å²) in [5.74, 6) is -1.45. The molecule has 0 aliphatic carbocycles. The molecule has 0 saturated carbocycles. The highest BCUT2D eigenvalue weighted by Crippen LogP contribution is 2.16. The molecule has 0 radical (unpaired) electrons. The summed E-state index contributed by atoms with van der Waals surface area (Å²) >= 11 is 0. The molecule has 1 aromatic rings. The van der Waals surface area contributed by atoms with Crippen LogP contribution in [0.1, 0.15) is 33.1 Å². The van der Waals surface area contributed by atoms with Crippen LogP contribution in [0.5, 0.6) is 0 Å². The predicted molar refractivity (Wildman–Crippen MR) is 124 cm³/mol. The van der Waals surface area contributed by atoms with E-state index >= 15 is 0 Å². The number of nitrogens with zero attached hydrogens (tertiary/aromatic N) is 2. The van der Waals surface area contributed by atoms with E-state index in [9.17, 15) is 24.5 Å². The van der Waals surface area contributed by atoms with Gasteiger partial charge in [0.2, 0.25) is 17.7 Å². The van der Waals surface area contributed by atoms with E-state index in [0.29, 0.717) is 18.5 Å². The lowest BCUT2D eigenvalue weighted by molar-refractivity contribution is -0.384. The van der Waals surface area contributed by atoms with Crippen LogP contribution in [0.25, 0.3) is 0 Å². The highest BCUT2D eigenvalue weighted by Gasteiger charge is 2.22. The van der Waals surface area contributed by atoms with Crippen LogP contribution in [0.4, 0.5) is 11.4 Å². The van der Waals surface area contributed by atoms with Crippen LogP contribution >= 0.6 is 0 Å². The van der Waals surface area contributed by atoms with E-state index in [2.05, 4.69) is 20.9 Å². The molecule has 3 amide bonds. The average Bonchev–Trinajstić information content (AvgIpc) is 2.73. The third-order valence-electron chi connectivity index (χ3n) is 4.43. The van der Waals surface area contributed by atoms with Crippen molar-refractivity contribution in [3.05, 3.63) is 34.4 Å². The molecule has 0 bridgehead atoms. The Morgan fingerprint density at radius 2 is 1.76 bits per heavy atom. The van der Waals surface area contributed by atoms with Crippen LogP contribution in [0.3, 0.4) is 0 Å². The molecule has 0 saturated heterocycles. The van der Waals surface area contributed by atoms with E-state index < -0.39 is 34.7 Å². The van der Waals surface area contributed by atoms with Gasteiger partial charge in [-0.15, -0.1) is 0 Å². The van der Waals surface area contributed by atoms with Crippen LogP contribution < -0.4 is 33.2 Å². The van der Waals surface area contributed by atoms with Crippen LogP contribution in [0, 0.1) is 16.0 Å². The Balaban J connectivity index is 2.74. The summed E-state index contributed by atoms with van der Waals surface area (Å²) < 4.78 is 0. The minimum absolute atomic E-state index is 0.0913. The average molecular weight is 465 g/mol. The lowest BCUT2D eigenvalue weighted by Gasteiger charge is -2.19. The number of carbonyl (C=O) groups is 3. The first kappa shape index (κ1) is 27.3. The molecule has 0 aliphatic rings. The maximum absolute atomic E-state index is 12.7. The summed E-state index contributed by atoms with van der Waals surface area (Å²) in [6, 6.07) is 3.56. The number of amides is 3. The van der Waals surface area contributed by atoms with E-state index in [1.165, 1.54) is 24.3 Å². The van der Waals surface area contributed by atoms with Gasteiger partial charge in [0, 0.05) is 24.4 Å². The molecule has 9 N–H and O–H groups in total. The minimum Gasteiger partial charge on any atom is -0.370 e. The molecule has 182 valence electrons. The Bertz CT molecular complexity index is 853. The predicted octanol–water partition coefficient (Wildman–Crippen LogP) is -0.439. The Kier molecular flexibility index (Phi) is 11.3. The van der Waals surface area contributed by atoms with Gasteiger partial charge in [0.15, 0.2) is 5.96 Å². The van der Waals surface area contributed by atoms with Gasteiger partial charge in [-0.05, 0) is 37.3 Å². The smallest absolute Gasteiger partial charge is 0.269 e. The fourth-order valence-corrected chi connectivity index (χ4v) is 2.83. The van der Waals surface area contributed by atoms with Gasteiger partial charge in [-0.25, -0.2) is 0 Å². The van der Waals surface area contributed by atoms with Gasteiger partial charge >= 0.3 is 0 Å². The summed E-state index contributed by atoms with van der Waals surface area (Å²) in [4.78, 5) is 51.1. The van der Waals surface area contributed by atoms with Gasteiger partial charge in [-0.1, -0.05) is 13.8 Å². The SMILES string of the molecule is CC(C)C[C@H](N)C(=O)NCC(=O)N[C@@H](CCCN=C(N)N)C(=O)Nc1ccc([N+](=O)[O-])cc1. The second kappa shape index (κ2) is 13.6. The largest absolute Gasteiger partial charge is 0.370 e. The quantitative estimate of drug-likeness (QED) is 0.0736.